The summed E-state index contributed by atoms with van der Waals surface area (Å²) in [5.41, 5.74) is 0.429. The van der Waals surface area contributed by atoms with Gasteiger partial charge in [0.1, 0.15) is 10.6 Å². The third-order valence-corrected chi connectivity index (χ3v) is 4.77. The zero-order chi connectivity index (χ0) is 18.7. The van der Waals surface area contributed by atoms with E-state index in [9.17, 15) is 19.7 Å². The third kappa shape index (κ3) is 3.70. The van der Waals surface area contributed by atoms with Crippen LogP contribution >= 0.6 is 11.3 Å². The Bertz CT molecular complexity index is 979. The second-order valence-electron chi connectivity index (χ2n) is 5.50. The van der Waals surface area contributed by atoms with Crippen molar-refractivity contribution >= 4 is 44.7 Å². The van der Waals surface area contributed by atoms with Crippen LogP contribution in [0, 0.1) is 17.0 Å². The summed E-state index contributed by atoms with van der Waals surface area (Å²) in [6, 6.07) is 13.7. The fourth-order valence-electron chi connectivity index (χ4n) is 2.43. The summed E-state index contributed by atoms with van der Waals surface area (Å²) in [5.74, 6) is -1.25. The fourth-order valence-corrected chi connectivity index (χ4v) is 3.38. The molecule has 0 spiro atoms. The number of anilines is 1. The highest BCUT2D eigenvalue weighted by Crippen LogP contribution is 2.28. The van der Waals surface area contributed by atoms with Crippen LogP contribution < -0.4 is 5.32 Å². The van der Waals surface area contributed by atoms with Gasteiger partial charge >= 0.3 is 5.97 Å². The average Bonchev–Trinajstić information content (AvgIpc) is 3.05. The van der Waals surface area contributed by atoms with Gasteiger partial charge in [0.25, 0.3) is 11.6 Å². The predicted molar refractivity (Wildman–Crippen MR) is 98.6 cm³/mol. The Labute approximate surface area is 152 Å². The van der Waals surface area contributed by atoms with Crippen molar-refractivity contribution in [3.05, 3.63) is 69.1 Å². The van der Waals surface area contributed by atoms with Crippen molar-refractivity contribution in [3.63, 3.8) is 0 Å². The molecule has 0 saturated carbocycles. The second kappa shape index (κ2) is 7.32. The monoisotopic (exact) mass is 370 g/mol. The molecule has 1 N–H and O–H groups in total. The van der Waals surface area contributed by atoms with E-state index in [2.05, 4.69) is 5.32 Å². The number of nitro groups is 1. The Kier molecular flexibility index (Phi) is 4.94. The molecule has 3 rings (SSSR count). The number of hydrogen-bond acceptors (Lipinski definition) is 6. The maximum atomic E-state index is 12.1. The standard InChI is InChI=1S/C18H14N2O5S/c1-11-5-4-7-13(20(23)24)17(11)19-16(21)10-25-18(22)15-9-12-6-2-3-8-14(12)26-15/h2-9H,10H2,1H3,(H,19,21). The van der Waals surface area contributed by atoms with Gasteiger partial charge in [0.05, 0.1) is 4.92 Å². The van der Waals surface area contributed by atoms with Crippen LogP contribution in [-0.2, 0) is 9.53 Å². The van der Waals surface area contributed by atoms with E-state index in [0.29, 0.717) is 10.4 Å². The van der Waals surface area contributed by atoms with Crippen molar-refractivity contribution in [2.24, 2.45) is 0 Å². The fraction of sp³-hybridized carbons (Fsp3) is 0.111. The molecule has 0 atom stereocenters. The summed E-state index contributed by atoms with van der Waals surface area (Å²) in [4.78, 5) is 35.0. The van der Waals surface area contributed by atoms with Crippen LogP contribution in [0.5, 0.6) is 0 Å². The van der Waals surface area contributed by atoms with Gasteiger partial charge in [0, 0.05) is 10.8 Å². The molecule has 132 valence electrons. The van der Waals surface area contributed by atoms with E-state index in [4.69, 9.17) is 4.74 Å². The summed E-state index contributed by atoms with van der Waals surface area (Å²) in [5, 5.41) is 14.4. The normalized spacial score (nSPS) is 10.5. The Hall–Kier alpha value is -3.26. The van der Waals surface area contributed by atoms with Crippen LogP contribution in [0.3, 0.4) is 0 Å². The van der Waals surface area contributed by atoms with Crippen LogP contribution in [0.2, 0.25) is 0 Å². The van der Waals surface area contributed by atoms with Gasteiger partial charge in [-0.25, -0.2) is 4.79 Å². The molecule has 3 aromatic rings. The molecule has 0 unspecified atom stereocenters. The molecule has 0 aliphatic carbocycles. The number of thiophene rings is 1. The summed E-state index contributed by atoms with van der Waals surface area (Å²) in [6.07, 6.45) is 0. The zero-order valence-corrected chi connectivity index (χ0v) is 14.5. The number of esters is 1. The lowest BCUT2D eigenvalue weighted by molar-refractivity contribution is -0.384. The lowest BCUT2D eigenvalue weighted by Gasteiger charge is -2.09. The van der Waals surface area contributed by atoms with Crippen LogP contribution in [-0.4, -0.2) is 23.4 Å². The highest BCUT2D eigenvalue weighted by molar-refractivity contribution is 7.20. The molecule has 1 heterocycles. The molecule has 7 nitrogen and oxygen atoms in total. The highest BCUT2D eigenvalue weighted by atomic mass is 32.1. The van der Waals surface area contributed by atoms with Gasteiger partial charge in [-0.05, 0) is 30.0 Å². The Morgan fingerprint density at radius 3 is 2.69 bits per heavy atom. The SMILES string of the molecule is Cc1cccc([N+](=O)[O-])c1NC(=O)COC(=O)c1cc2ccccc2s1. The zero-order valence-electron chi connectivity index (χ0n) is 13.7. The van der Waals surface area contributed by atoms with Gasteiger partial charge in [-0.2, -0.15) is 0 Å². The highest BCUT2D eigenvalue weighted by Gasteiger charge is 2.19. The van der Waals surface area contributed by atoms with Gasteiger partial charge in [0.15, 0.2) is 6.61 Å². The molecule has 0 fully saturated rings. The number of nitrogens with zero attached hydrogens (tertiary/aromatic N) is 1. The summed E-state index contributed by atoms with van der Waals surface area (Å²) in [6.45, 7) is 1.12. The van der Waals surface area contributed by atoms with E-state index in [1.807, 2.05) is 24.3 Å². The minimum absolute atomic E-state index is 0.0976. The van der Waals surface area contributed by atoms with E-state index < -0.39 is 23.4 Å². The first-order chi connectivity index (χ1) is 12.5. The summed E-state index contributed by atoms with van der Waals surface area (Å²) in [7, 11) is 0. The molecule has 26 heavy (non-hydrogen) atoms. The summed E-state index contributed by atoms with van der Waals surface area (Å²) >= 11 is 1.27. The van der Waals surface area contributed by atoms with E-state index in [1.54, 1.807) is 19.1 Å². The molecule has 0 saturated heterocycles. The number of carbonyl (C=O) groups is 2. The van der Waals surface area contributed by atoms with Crippen molar-refractivity contribution in [1.82, 2.24) is 0 Å². The van der Waals surface area contributed by atoms with Crippen LogP contribution in [0.4, 0.5) is 11.4 Å². The van der Waals surface area contributed by atoms with Gasteiger partial charge in [-0.15, -0.1) is 11.3 Å². The smallest absolute Gasteiger partial charge is 0.348 e. The van der Waals surface area contributed by atoms with E-state index in [0.717, 1.165) is 10.1 Å². The van der Waals surface area contributed by atoms with Crippen molar-refractivity contribution in [2.45, 2.75) is 6.92 Å². The Balaban J connectivity index is 1.66. The van der Waals surface area contributed by atoms with Crippen molar-refractivity contribution in [3.8, 4) is 0 Å². The Morgan fingerprint density at radius 2 is 1.96 bits per heavy atom. The van der Waals surface area contributed by atoms with E-state index >= 15 is 0 Å². The second-order valence-corrected chi connectivity index (χ2v) is 6.58. The van der Waals surface area contributed by atoms with Crippen LogP contribution in [0.15, 0.2) is 48.5 Å². The number of hydrogen-bond donors (Lipinski definition) is 1. The number of para-hydroxylation sites is 1. The van der Waals surface area contributed by atoms with E-state index in [1.165, 1.54) is 23.5 Å². The molecule has 1 aromatic heterocycles. The van der Waals surface area contributed by atoms with Crippen molar-refractivity contribution in [2.75, 3.05) is 11.9 Å². The number of nitrogens with one attached hydrogen (secondary N) is 1. The first-order valence-corrected chi connectivity index (χ1v) is 8.47. The van der Waals surface area contributed by atoms with Gasteiger partial charge in [-0.3, -0.25) is 14.9 Å². The average molecular weight is 370 g/mol. The number of ether oxygens (including phenoxy) is 1. The lowest BCUT2D eigenvalue weighted by atomic mass is 10.1. The number of carbonyl (C=O) groups excluding carboxylic acids is 2. The first kappa shape index (κ1) is 17.6. The molecule has 2 aromatic carbocycles. The number of aryl methyl sites for hydroxylation is 1. The molecule has 1 amide bonds. The van der Waals surface area contributed by atoms with Crippen LogP contribution in [0.25, 0.3) is 10.1 Å². The number of rotatable bonds is 5. The minimum atomic E-state index is -0.642. The lowest BCUT2D eigenvalue weighted by Crippen LogP contribution is -2.21. The number of fused-ring (bicyclic) bond motifs is 1. The predicted octanol–water partition coefficient (Wildman–Crippen LogP) is 3.91. The molecule has 0 aliphatic rings. The molecule has 0 aliphatic heterocycles. The van der Waals surface area contributed by atoms with Crippen LogP contribution in [0.1, 0.15) is 15.2 Å². The van der Waals surface area contributed by atoms with Gasteiger partial charge < -0.3 is 10.1 Å². The molecule has 0 radical (unpaired) electrons. The molecular formula is C18H14N2O5S. The van der Waals surface area contributed by atoms with Crippen molar-refractivity contribution < 1.29 is 19.2 Å². The largest absolute Gasteiger partial charge is 0.451 e. The summed E-state index contributed by atoms with van der Waals surface area (Å²) < 4.78 is 5.97. The van der Waals surface area contributed by atoms with E-state index in [-0.39, 0.29) is 11.4 Å². The molecular weight excluding hydrogens is 356 g/mol. The van der Waals surface area contributed by atoms with Gasteiger partial charge in [-0.1, -0.05) is 30.3 Å². The number of benzene rings is 2. The maximum absolute atomic E-state index is 12.1. The third-order valence-electron chi connectivity index (χ3n) is 3.67. The topological polar surface area (TPSA) is 98.5 Å². The number of amides is 1. The van der Waals surface area contributed by atoms with Gasteiger partial charge in [0.2, 0.25) is 0 Å². The molecule has 0 bridgehead atoms. The van der Waals surface area contributed by atoms with Crippen molar-refractivity contribution in [1.29, 1.82) is 0 Å². The minimum Gasteiger partial charge on any atom is -0.451 e. The molecule has 8 heteroatoms. The number of nitro benzene ring substituents is 1. The quantitative estimate of drug-likeness (QED) is 0.417. The maximum Gasteiger partial charge on any atom is 0.348 e. The Morgan fingerprint density at radius 1 is 1.19 bits per heavy atom. The first-order valence-electron chi connectivity index (χ1n) is 7.65.